The largest absolute Gasteiger partial charge is 0.490 e. The number of hydrogen-bond acceptors (Lipinski definition) is 5. The number of aryl methyl sites for hydroxylation is 2. The van der Waals surface area contributed by atoms with Crippen molar-refractivity contribution in [2.75, 3.05) is 11.9 Å². The molecule has 0 saturated heterocycles. The lowest BCUT2D eigenvalue weighted by molar-refractivity contribution is -0.136. The molecule has 0 aliphatic carbocycles. The summed E-state index contributed by atoms with van der Waals surface area (Å²) in [6.45, 7) is 6.43. The number of rotatable bonds is 8. The highest BCUT2D eigenvalue weighted by molar-refractivity contribution is 6.39. The van der Waals surface area contributed by atoms with Crippen LogP contribution in [0.25, 0.3) is 0 Å². The van der Waals surface area contributed by atoms with Crippen LogP contribution in [0, 0.1) is 13.8 Å². The van der Waals surface area contributed by atoms with Gasteiger partial charge in [0.25, 0.3) is 0 Å². The van der Waals surface area contributed by atoms with Crippen LogP contribution in [0.1, 0.15) is 29.2 Å². The Bertz CT molecular complexity index is 1190. The van der Waals surface area contributed by atoms with E-state index in [2.05, 4.69) is 15.8 Å². The van der Waals surface area contributed by atoms with Crippen molar-refractivity contribution in [2.45, 2.75) is 27.4 Å². The van der Waals surface area contributed by atoms with Crippen molar-refractivity contribution in [2.24, 2.45) is 5.10 Å². The van der Waals surface area contributed by atoms with E-state index >= 15 is 0 Å². The molecule has 0 heterocycles. The predicted octanol–water partition coefficient (Wildman–Crippen LogP) is 5.02. The van der Waals surface area contributed by atoms with E-state index in [0.717, 1.165) is 16.7 Å². The molecule has 3 rings (SSSR count). The number of hydrogen-bond donors (Lipinski definition) is 2. The average molecular weight is 480 g/mol. The highest BCUT2D eigenvalue weighted by Gasteiger charge is 2.13. The summed E-state index contributed by atoms with van der Waals surface area (Å²) in [6.07, 6.45) is 1.42. The van der Waals surface area contributed by atoms with Crippen molar-refractivity contribution in [3.8, 4) is 11.5 Å². The number of ether oxygens (including phenoxy) is 2. The van der Waals surface area contributed by atoms with Crippen LogP contribution in [0.4, 0.5) is 5.69 Å². The summed E-state index contributed by atoms with van der Waals surface area (Å²) in [5.41, 5.74) is 6.27. The van der Waals surface area contributed by atoms with Crippen molar-refractivity contribution in [1.82, 2.24) is 5.43 Å². The first-order valence-corrected chi connectivity index (χ1v) is 11.1. The normalized spacial score (nSPS) is 10.7. The van der Waals surface area contributed by atoms with E-state index in [0.29, 0.717) is 41.0 Å². The molecule has 0 atom stereocenters. The molecule has 0 radical (unpaired) electrons. The summed E-state index contributed by atoms with van der Waals surface area (Å²) < 4.78 is 11.6. The Morgan fingerprint density at radius 1 is 0.941 bits per heavy atom. The molecule has 0 unspecified atom stereocenters. The molecule has 3 aromatic carbocycles. The van der Waals surface area contributed by atoms with Crippen molar-refractivity contribution < 1.29 is 19.1 Å². The summed E-state index contributed by atoms with van der Waals surface area (Å²) in [5.74, 6) is -0.603. The van der Waals surface area contributed by atoms with Crippen molar-refractivity contribution in [3.05, 3.63) is 87.9 Å². The molecule has 7 nitrogen and oxygen atoms in total. The van der Waals surface area contributed by atoms with E-state index in [1.807, 2.05) is 45.0 Å². The van der Waals surface area contributed by atoms with Crippen molar-refractivity contribution >= 4 is 35.3 Å². The van der Waals surface area contributed by atoms with Gasteiger partial charge < -0.3 is 14.8 Å². The summed E-state index contributed by atoms with van der Waals surface area (Å²) in [4.78, 5) is 24.2. The molecule has 0 aliphatic rings. The second-order valence-electron chi connectivity index (χ2n) is 7.55. The zero-order valence-electron chi connectivity index (χ0n) is 19.2. The summed E-state index contributed by atoms with van der Waals surface area (Å²) in [6, 6.07) is 18.2. The monoisotopic (exact) mass is 479 g/mol. The molecule has 0 aliphatic heterocycles. The minimum atomic E-state index is -0.875. The third-order valence-electron chi connectivity index (χ3n) is 4.67. The Kier molecular flexibility index (Phi) is 8.65. The number of nitrogens with zero attached hydrogens (tertiary/aromatic N) is 1. The van der Waals surface area contributed by atoms with E-state index < -0.39 is 11.8 Å². The van der Waals surface area contributed by atoms with E-state index in [1.54, 1.807) is 36.4 Å². The molecule has 0 aromatic heterocycles. The number of carbonyl (C=O) groups is 2. The van der Waals surface area contributed by atoms with E-state index in [4.69, 9.17) is 21.1 Å². The van der Waals surface area contributed by atoms with Gasteiger partial charge in [0.2, 0.25) is 0 Å². The van der Waals surface area contributed by atoms with Crippen LogP contribution >= 0.6 is 11.6 Å². The lowest BCUT2D eigenvalue weighted by Gasteiger charge is -2.13. The number of amides is 2. The zero-order valence-corrected chi connectivity index (χ0v) is 20.0. The number of nitrogens with one attached hydrogen (secondary N) is 2. The number of hydrazone groups is 1. The molecule has 0 spiro atoms. The first-order valence-electron chi connectivity index (χ1n) is 10.7. The molecule has 2 amide bonds. The van der Waals surface area contributed by atoms with Gasteiger partial charge in [0, 0.05) is 16.3 Å². The van der Waals surface area contributed by atoms with Gasteiger partial charge in [-0.1, -0.05) is 35.9 Å². The fraction of sp³-hybridized carbons (Fsp3) is 0.192. The van der Waals surface area contributed by atoms with Crippen LogP contribution in [0.2, 0.25) is 5.02 Å². The second kappa shape index (κ2) is 11.9. The van der Waals surface area contributed by atoms with Gasteiger partial charge in [-0.05, 0) is 73.9 Å². The van der Waals surface area contributed by atoms with Crippen LogP contribution in [0.3, 0.4) is 0 Å². The lowest BCUT2D eigenvalue weighted by atomic mass is 10.1. The van der Waals surface area contributed by atoms with Crippen molar-refractivity contribution in [3.63, 3.8) is 0 Å². The lowest BCUT2D eigenvalue weighted by Crippen LogP contribution is -2.32. The molecule has 0 fully saturated rings. The first kappa shape index (κ1) is 24.8. The van der Waals surface area contributed by atoms with E-state index in [9.17, 15) is 9.59 Å². The number of carbonyl (C=O) groups excluding carboxylic acids is 2. The molecule has 0 bridgehead atoms. The first-order chi connectivity index (χ1) is 16.4. The summed E-state index contributed by atoms with van der Waals surface area (Å²) in [5, 5.41) is 7.07. The number of anilines is 1. The Morgan fingerprint density at radius 3 is 2.38 bits per heavy atom. The van der Waals surface area contributed by atoms with Crippen LogP contribution in [-0.2, 0) is 16.2 Å². The van der Waals surface area contributed by atoms with Gasteiger partial charge in [-0.25, -0.2) is 5.43 Å². The molecule has 0 saturated carbocycles. The third-order valence-corrected chi connectivity index (χ3v) is 5.04. The fourth-order valence-corrected chi connectivity index (χ4v) is 3.40. The topological polar surface area (TPSA) is 89.0 Å². The Labute approximate surface area is 203 Å². The standard InChI is InChI=1S/C26H26ClN3O4/c1-4-33-24-14-19(9-10-23(24)34-16-20-7-5-6-8-22(20)27)15-28-30-26(32)25(31)29-21-12-17(2)11-18(3)13-21/h5-15H,4,16H2,1-3H3,(H,29,31)(H,30,32)/b28-15+. The quantitative estimate of drug-likeness (QED) is 0.269. The van der Waals surface area contributed by atoms with Gasteiger partial charge in [0.15, 0.2) is 11.5 Å². The molecule has 176 valence electrons. The SMILES string of the molecule is CCOc1cc(/C=N/NC(=O)C(=O)Nc2cc(C)cc(C)c2)ccc1OCc1ccccc1Cl. The maximum Gasteiger partial charge on any atom is 0.329 e. The molecular formula is C26H26ClN3O4. The van der Waals surface area contributed by atoms with Crippen LogP contribution in [0.15, 0.2) is 65.8 Å². The van der Waals surface area contributed by atoms with Gasteiger partial charge in [-0.15, -0.1) is 0 Å². The van der Waals surface area contributed by atoms with Gasteiger partial charge in [0.05, 0.1) is 12.8 Å². The van der Waals surface area contributed by atoms with Gasteiger partial charge in [0.1, 0.15) is 6.61 Å². The van der Waals surface area contributed by atoms with Gasteiger partial charge in [-0.3, -0.25) is 9.59 Å². The van der Waals surface area contributed by atoms with Gasteiger partial charge in [-0.2, -0.15) is 5.10 Å². The average Bonchev–Trinajstić information content (AvgIpc) is 2.79. The zero-order chi connectivity index (χ0) is 24.5. The number of benzene rings is 3. The highest BCUT2D eigenvalue weighted by atomic mass is 35.5. The van der Waals surface area contributed by atoms with Crippen molar-refractivity contribution in [1.29, 1.82) is 0 Å². The second-order valence-corrected chi connectivity index (χ2v) is 7.96. The van der Waals surface area contributed by atoms with Crippen LogP contribution in [0.5, 0.6) is 11.5 Å². The predicted molar refractivity (Wildman–Crippen MR) is 134 cm³/mol. The molecule has 34 heavy (non-hydrogen) atoms. The maximum absolute atomic E-state index is 12.1. The highest BCUT2D eigenvalue weighted by Crippen LogP contribution is 2.29. The molecule has 8 heteroatoms. The van der Waals surface area contributed by atoms with Crippen LogP contribution < -0.4 is 20.2 Å². The summed E-state index contributed by atoms with van der Waals surface area (Å²) in [7, 11) is 0. The maximum atomic E-state index is 12.1. The van der Waals surface area contributed by atoms with Gasteiger partial charge >= 0.3 is 11.8 Å². The third kappa shape index (κ3) is 7.08. The smallest absolute Gasteiger partial charge is 0.329 e. The Hall–Kier alpha value is -3.84. The van der Waals surface area contributed by atoms with E-state index in [-0.39, 0.29) is 0 Å². The molecule has 3 aromatic rings. The summed E-state index contributed by atoms with van der Waals surface area (Å²) >= 11 is 6.19. The Morgan fingerprint density at radius 2 is 1.68 bits per heavy atom. The molecule has 2 N–H and O–H groups in total. The fourth-order valence-electron chi connectivity index (χ4n) is 3.21. The minimum Gasteiger partial charge on any atom is -0.490 e. The Balaban J connectivity index is 1.61. The minimum absolute atomic E-state index is 0.290. The number of halogens is 1. The van der Waals surface area contributed by atoms with Crippen LogP contribution in [-0.4, -0.2) is 24.6 Å². The van der Waals surface area contributed by atoms with E-state index in [1.165, 1.54) is 6.21 Å². The molecular weight excluding hydrogens is 454 g/mol.